The van der Waals surface area contributed by atoms with Gasteiger partial charge in [0.2, 0.25) is 0 Å². The maximum Gasteiger partial charge on any atom is 0.166 e. The van der Waals surface area contributed by atoms with E-state index in [2.05, 4.69) is 0 Å². The molecule has 0 spiro atoms. The number of hydrogen-bond donors (Lipinski definition) is 0. The molecule has 0 N–H and O–H groups in total. The van der Waals surface area contributed by atoms with Gasteiger partial charge in [-0.1, -0.05) is 0 Å². The normalized spacial score (nSPS) is 27.1. The number of benzene rings is 1. The van der Waals surface area contributed by atoms with Crippen LogP contribution in [0.25, 0.3) is 0 Å². The number of rotatable bonds is 5. The number of fused-ring (bicyclic) bond motifs is 2. The van der Waals surface area contributed by atoms with Gasteiger partial charge in [-0.3, -0.25) is 4.79 Å². The second-order valence-corrected chi connectivity index (χ2v) is 5.77. The van der Waals surface area contributed by atoms with Gasteiger partial charge in [-0.05, 0) is 49.9 Å². The minimum absolute atomic E-state index is 0.0987. The van der Waals surface area contributed by atoms with Crippen molar-refractivity contribution in [3.05, 3.63) is 29.8 Å². The van der Waals surface area contributed by atoms with Crippen LogP contribution in [0.3, 0.4) is 0 Å². The summed E-state index contributed by atoms with van der Waals surface area (Å²) in [4.78, 5) is 12.6. The van der Waals surface area contributed by atoms with Crippen LogP contribution >= 0.6 is 0 Å². The summed E-state index contributed by atoms with van der Waals surface area (Å²) in [7, 11) is 0. The van der Waals surface area contributed by atoms with Crippen molar-refractivity contribution in [2.75, 3.05) is 6.61 Å². The molecule has 2 aliphatic heterocycles. The fourth-order valence-corrected chi connectivity index (χ4v) is 3.24. The molecule has 4 heteroatoms. The van der Waals surface area contributed by atoms with Gasteiger partial charge in [0.05, 0.1) is 24.7 Å². The first-order valence-electron chi connectivity index (χ1n) is 7.56. The highest BCUT2D eigenvalue weighted by Gasteiger charge is 2.38. The van der Waals surface area contributed by atoms with Gasteiger partial charge in [-0.25, -0.2) is 0 Å². The first-order valence-corrected chi connectivity index (χ1v) is 7.56. The molecule has 2 heterocycles. The summed E-state index contributed by atoms with van der Waals surface area (Å²) < 4.78 is 11.2. The molecule has 0 aromatic heterocycles. The predicted molar refractivity (Wildman–Crippen MR) is 77.1 cm³/mol. The van der Waals surface area contributed by atoms with Crippen molar-refractivity contribution in [2.24, 2.45) is 5.92 Å². The smallest absolute Gasteiger partial charge is 0.166 e. The van der Waals surface area contributed by atoms with E-state index in [9.17, 15) is 4.79 Å². The third-order valence-corrected chi connectivity index (χ3v) is 4.28. The zero-order valence-electron chi connectivity index (χ0n) is 12.0. The number of nitriles is 1. The SMILES string of the molecule is N#CCCOc1ccc(C(=O)C2CC3CCC(C2)O3)cc1. The molecule has 2 fully saturated rings. The highest BCUT2D eigenvalue weighted by molar-refractivity contribution is 5.98. The Bertz CT molecular complexity index is 534. The lowest BCUT2D eigenvalue weighted by molar-refractivity contribution is -0.0149. The van der Waals surface area contributed by atoms with E-state index < -0.39 is 0 Å². The Morgan fingerprint density at radius 2 is 1.90 bits per heavy atom. The third-order valence-electron chi connectivity index (χ3n) is 4.28. The summed E-state index contributed by atoms with van der Waals surface area (Å²) in [5, 5.41) is 8.47. The molecule has 0 amide bonds. The van der Waals surface area contributed by atoms with Crippen LogP contribution < -0.4 is 4.74 Å². The fourth-order valence-electron chi connectivity index (χ4n) is 3.24. The standard InChI is InChI=1S/C17H19NO3/c18-8-1-9-20-14-4-2-12(3-5-14)17(19)13-10-15-6-7-16(11-13)21-15/h2-5,13,15-16H,1,6-7,9-11H2. The summed E-state index contributed by atoms with van der Waals surface area (Å²) in [6.45, 7) is 0.382. The molecule has 110 valence electrons. The molecule has 1 aromatic carbocycles. The molecule has 2 saturated heterocycles. The summed E-state index contributed by atoms with van der Waals surface area (Å²) in [5.41, 5.74) is 0.744. The van der Waals surface area contributed by atoms with Gasteiger partial charge in [0.25, 0.3) is 0 Å². The maximum atomic E-state index is 12.6. The number of carbonyl (C=O) groups is 1. The molecule has 2 aliphatic rings. The number of nitrogens with zero attached hydrogens (tertiary/aromatic N) is 1. The van der Waals surface area contributed by atoms with Crippen LogP contribution in [0.2, 0.25) is 0 Å². The topological polar surface area (TPSA) is 59.3 Å². The van der Waals surface area contributed by atoms with E-state index in [1.165, 1.54) is 0 Å². The zero-order valence-corrected chi connectivity index (χ0v) is 12.0. The lowest BCUT2D eigenvalue weighted by Crippen LogP contribution is -2.30. The Morgan fingerprint density at radius 3 is 2.52 bits per heavy atom. The third kappa shape index (κ3) is 3.25. The van der Waals surface area contributed by atoms with E-state index in [0.29, 0.717) is 18.8 Å². The van der Waals surface area contributed by atoms with Crippen molar-refractivity contribution in [2.45, 2.75) is 44.3 Å². The number of carbonyl (C=O) groups excluding carboxylic acids is 1. The van der Waals surface area contributed by atoms with E-state index in [0.717, 1.165) is 31.2 Å². The van der Waals surface area contributed by atoms with Crippen molar-refractivity contribution in [3.63, 3.8) is 0 Å². The first kappa shape index (κ1) is 14.1. The second-order valence-electron chi connectivity index (χ2n) is 5.77. The lowest BCUT2D eigenvalue weighted by atomic mass is 9.88. The van der Waals surface area contributed by atoms with Gasteiger partial charge >= 0.3 is 0 Å². The molecule has 2 unspecified atom stereocenters. The lowest BCUT2D eigenvalue weighted by Gasteiger charge is -2.27. The molecule has 0 radical (unpaired) electrons. The monoisotopic (exact) mass is 285 g/mol. The highest BCUT2D eigenvalue weighted by atomic mass is 16.5. The van der Waals surface area contributed by atoms with Crippen molar-refractivity contribution >= 4 is 5.78 Å². The highest BCUT2D eigenvalue weighted by Crippen LogP contribution is 2.37. The largest absolute Gasteiger partial charge is 0.493 e. The molecule has 2 bridgehead atoms. The average Bonchev–Trinajstić information content (AvgIpc) is 2.86. The quantitative estimate of drug-likeness (QED) is 0.616. The predicted octanol–water partition coefficient (Wildman–Crippen LogP) is 3.12. The summed E-state index contributed by atoms with van der Waals surface area (Å²) in [6.07, 6.45) is 4.84. The Kier molecular flexibility index (Phi) is 4.21. The van der Waals surface area contributed by atoms with Gasteiger partial charge < -0.3 is 9.47 Å². The Hall–Kier alpha value is -1.86. The van der Waals surface area contributed by atoms with E-state index >= 15 is 0 Å². The summed E-state index contributed by atoms with van der Waals surface area (Å²) in [6, 6.07) is 9.28. The van der Waals surface area contributed by atoms with E-state index in [4.69, 9.17) is 14.7 Å². The van der Waals surface area contributed by atoms with Crippen LogP contribution in [0.5, 0.6) is 5.75 Å². The number of hydrogen-bond acceptors (Lipinski definition) is 4. The molecule has 0 saturated carbocycles. The Balaban J connectivity index is 1.61. The van der Waals surface area contributed by atoms with Gasteiger partial charge in [0.1, 0.15) is 12.4 Å². The van der Waals surface area contributed by atoms with Gasteiger partial charge in [0.15, 0.2) is 5.78 Å². The summed E-state index contributed by atoms with van der Waals surface area (Å²) >= 11 is 0. The molecule has 2 atom stereocenters. The average molecular weight is 285 g/mol. The van der Waals surface area contributed by atoms with Gasteiger partial charge in [-0.15, -0.1) is 0 Å². The van der Waals surface area contributed by atoms with E-state index in [1.54, 1.807) is 12.1 Å². The molecule has 4 nitrogen and oxygen atoms in total. The molecular weight excluding hydrogens is 266 g/mol. The number of ether oxygens (including phenoxy) is 2. The van der Waals surface area contributed by atoms with Crippen LogP contribution in [0.15, 0.2) is 24.3 Å². The van der Waals surface area contributed by atoms with E-state index in [1.807, 2.05) is 18.2 Å². The van der Waals surface area contributed by atoms with Crippen LogP contribution in [-0.2, 0) is 4.74 Å². The number of ketones is 1. The first-order chi connectivity index (χ1) is 10.3. The number of Topliss-reactive ketones (excluding diaryl/α,β-unsaturated/α-hetero) is 1. The van der Waals surface area contributed by atoms with Crippen LogP contribution in [0.1, 0.15) is 42.5 Å². The van der Waals surface area contributed by atoms with Crippen molar-refractivity contribution in [3.8, 4) is 11.8 Å². The minimum Gasteiger partial charge on any atom is -0.493 e. The molecular formula is C17H19NO3. The van der Waals surface area contributed by atoms with Crippen LogP contribution in [-0.4, -0.2) is 24.6 Å². The summed E-state index contributed by atoms with van der Waals surface area (Å²) in [5.74, 6) is 1.02. The van der Waals surface area contributed by atoms with Gasteiger partial charge in [-0.2, -0.15) is 5.26 Å². The van der Waals surface area contributed by atoms with Crippen LogP contribution in [0.4, 0.5) is 0 Å². The fraction of sp³-hybridized carbons (Fsp3) is 0.529. The zero-order chi connectivity index (χ0) is 14.7. The maximum absolute atomic E-state index is 12.6. The van der Waals surface area contributed by atoms with Crippen molar-refractivity contribution in [1.29, 1.82) is 5.26 Å². The van der Waals surface area contributed by atoms with Crippen molar-refractivity contribution < 1.29 is 14.3 Å². The second kappa shape index (κ2) is 6.28. The molecule has 0 aliphatic carbocycles. The van der Waals surface area contributed by atoms with E-state index in [-0.39, 0.29) is 23.9 Å². The molecule has 1 aromatic rings. The molecule has 21 heavy (non-hydrogen) atoms. The Labute approximate surface area is 124 Å². The Morgan fingerprint density at radius 1 is 1.24 bits per heavy atom. The van der Waals surface area contributed by atoms with Crippen LogP contribution in [0, 0.1) is 17.2 Å². The minimum atomic E-state index is 0.0987. The molecule has 3 rings (SSSR count). The van der Waals surface area contributed by atoms with Crippen molar-refractivity contribution in [1.82, 2.24) is 0 Å². The van der Waals surface area contributed by atoms with Gasteiger partial charge in [0, 0.05) is 11.5 Å².